The van der Waals surface area contributed by atoms with Crippen molar-refractivity contribution in [3.63, 3.8) is 0 Å². The maximum Gasteiger partial charge on any atom is 0.343 e. The molecule has 0 N–H and O–H groups in total. The van der Waals surface area contributed by atoms with Crippen molar-refractivity contribution in [2.75, 3.05) is 6.61 Å². The molecule has 0 saturated heterocycles. The molecule has 7 heteroatoms. The summed E-state index contributed by atoms with van der Waals surface area (Å²) in [5.74, 6) is -0.968. The fraction of sp³-hybridized carbons (Fsp3) is 0.364. The molecule has 0 amide bonds. The summed E-state index contributed by atoms with van der Waals surface area (Å²) in [5, 5.41) is 10.7. The van der Waals surface area contributed by atoms with Crippen LogP contribution in [0.2, 0.25) is 0 Å². The molecule has 2 aromatic carbocycles. The number of hydrogen-bond acceptors (Lipinski definition) is 6. The Morgan fingerprint density at radius 1 is 0.897 bits per heavy atom. The van der Waals surface area contributed by atoms with E-state index in [4.69, 9.17) is 9.47 Å². The third kappa shape index (κ3) is 7.37. The van der Waals surface area contributed by atoms with Crippen molar-refractivity contribution in [1.29, 1.82) is 0 Å². The minimum atomic E-state index is -0.663. The molecule has 0 radical (unpaired) electrons. The molecule has 0 atom stereocenters. The lowest BCUT2D eigenvalue weighted by molar-refractivity contribution is -0.384. The van der Waals surface area contributed by atoms with E-state index in [0.29, 0.717) is 6.61 Å². The van der Waals surface area contributed by atoms with E-state index in [9.17, 15) is 19.7 Å². The van der Waals surface area contributed by atoms with Gasteiger partial charge >= 0.3 is 11.9 Å². The van der Waals surface area contributed by atoms with Crippen LogP contribution in [-0.4, -0.2) is 23.5 Å². The fourth-order valence-corrected chi connectivity index (χ4v) is 2.71. The van der Waals surface area contributed by atoms with Crippen LogP contribution >= 0.6 is 0 Å². The van der Waals surface area contributed by atoms with Gasteiger partial charge in [-0.25, -0.2) is 9.59 Å². The van der Waals surface area contributed by atoms with E-state index in [0.717, 1.165) is 19.3 Å². The monoisotopic (exact) mass is 399 g/mol. The summed E-state index contributed by atoms with van der Waals surface area (Å²) in [4.78, 5) is 34.6. The molecule has 0 aromatic heterocycles. The second-order valence-electron chi connectivity index (χ2n) is 6.63. The Balaban J connectivity index is 1.86. The molecule has 0 heterocycles. The Morgan fingerprint density at radius 3 is 2.17 bits per heavy atom. The summed E-state index contributed by atoms with van der Waals surface area (Å²) >= 11 is 0. The van der Waals surface area contributed by atoms with Gasteiger partial charge in [-0.2, -0.15) is 0 Å². The zero-order valence-electron chi connectivity index (χ0n) is 16.5. The van der Waals surface area contributed by atoms with Crippen molar-refractivity contribution in [3.8, 4) is 5.75 Å². The molecular weight excluding hydrogens is 374 g/mol. The highest BCUT2D eigenvalue weighted by Crippen LogP contribution is 2.19. The zero-order valence-corrected chi connectivity index (χ0v) is 16.5. The topological polar surface area (TPSA) is 95.7 Å². The predicted octanol–water partition coefficient (Wildman–Crippen LogP) is 5.33. The van der Waals surface area contributed by atoms with Crippen LogP contribution in [0.1, 0.15) is 66.2 Å². The van der Waals surface area contributed by atoms with E-state index in [1.807, 2.05) is 0 Å². The number of nitro groups is 1. The molecule has 0 aliphatic carbocycles. The van der Waals surface area contributed by atoms with Gasteiger partial charge in [0.15, 0.2) is 0 Å². The summed E-state index contributed by atoms with van der Waals surface area (Å²) in [6.45, 7) is 2.51. The van der Waals surface area contributed by atoms with Crippen LogP contribution in [0, 0.1) is 10.1 Å². The number of ether oxygens (including phenoxy) is 2. The van der Waals surface area contributed by atoms with Gasteiger partial charge in [0.1, 0.15) is 5.75 Å². The quantitative estimate of drug-likeness (QED) is 0.167. The van der Waals surface area contributed by atoms with Crippen molar-refractivity contribution in [3.05, 3.63) is 69.8 Å². The van der Waals surface area contributed by atoms with Gasteiger partial charge in [-0.1, -0.05) is 45.1 Å². The Kier molecular flexibility index (Phi) is 8.82. The highest BCUT2D eigenvalue weighted by Gasteiger charge is 2.14. The zero-order chi connectivity index (χ0) is 21.1. The van der Waals surface area contributed by atoms with Crippen molar-refractivity contribution >= 4 is 17.6 Å². The van der Waals surface area contributed by atoms with Crippen LogP contribution in [0.15, 0.2) is 48.5 Å². The van der Waals surface area contributed by atoms with Gasteiger partial charge in [0.05, 0.1) is 22.7 Å². The second kappa shape index (κ2) is 11.6. The molecule has 154 valence electrons. The van der Waals surface area contributed by atoms with Gasteiger partial charge in [-0.05, 0) is 36.8 Å². The van der Waals surface area contributed by atoms with Gasteiger partial charge in [-0.15, -0.1) is 0 Å². The van der Waals surface area contributed by atoms with Crippen molar-refractivity contribution in [2.24, 2.45) is 0 Å². The van der Waals surface area contributed by atoms with Crippen LogP contribution < -0.4 is 4.74 Å². The van der Waals surface area contributed by atoms with Gasteiger partial charge < -0.3 is 9.47 Å². The third-order valence-electron chi connectivity index (χ3n) is 4.32. The minimum absolute atomic E-state index is 0.0973. The highest BCUT2D eigenvalue weighted by molar-refractivity contribution is 5.96. The SMILES string of the molecule is CCCCCCCCOC(=O)c1cccc(C(=O)Oc2ccc([N+](=O)[O-])cc2)c1. The van der Waals surface area contributed by atoms with Crippen LogP contribution in [-0.2, 0) is 4.74 Å². The number of esters is 2. The van der Waals surface area contributed by atoms with E-state index in [1.54, 1.807) is 12.1 Å². The number of hydrogen-bond donors (Lipinski definition) is 0. The normalized spacial score (nSPS) is 10.4. The number of benzene rings is 2. The van der Waals surface area contributed by atoms with Gasteiger partial charge in [0, 0.05) is 12.1 Å². The summed E-state index contributed by atoms with van der Waals surface area (Å²) in [6.07, 6.45) is 6.59. The largest absolute Gasteiger partial charge is 0.462 e. The summed E-state index contributed by atoms with van der Waals surface area (Å²) in [7, 11) is 0. The number of unbranched alkanes of at least 4 members (excludes halogenated alkanes) is 5. The van der Waals surface area contributed by atoms with Gasteiger partial charge in [0.2, 0.25) is 0 Å². The molecule has 2 rings (SSSR count). The standard InChI is InChI=1S/C22H25NO6/c1-2-3-4-5-6-7-15-28-21(24)17-9-8-10-18(16-17)22(25)29-20-13-11-19(12-14-20)23(26)27/h8-14,16H,2-7,15H2,1H3. The van der Waals surface area contributed by atoms with E-state index in [-0.39, 0.29) is 22.6 Å². The lowest BCUT2D eigenvalue weighted by atomic mass is 10.1. The smallest absolute Gasteiger partial charge is 0.343 e. The third-order valence-corrected chi connectivity index (χ3v) is 4.32. The number of non-ortho nitro benzene ring substituents is 1. The molecule has 0 fully saturated rings. The molecular formula is C22H25NO6. The Morgan fingerprint density at radius 2 is 1.52 bits per heavy atom. The van der Waals surface area contributed by atoms with Gasteiger partial charge in [-0.3, -0.25) is 10.1 Å². The van der Waals surface area contributed by atoms with Crippen molar-refractivity contribution in [2.45, 2.75) is 45.4 Å². The maximum atomic E-state index is 12.3. The van der Waals surface area contributed by atoms with Crippen molar-refractivity contribution in [1.82, 2.24) is 0 Å². The van der Waals surface area contributed by atoms with Crippen LogP contribution in [0.3, 0.4) is 0 Å². The highest BCUT2D eigenvalue weighted by atomic mass is 16.6. The van der Waals surface area contributed by atoms with E-state index < -0.39 is 16.9 Å². The molecule has 0 aliphatic heterocycles. The van der Waals surface area contributed by atoms with Crippen molar-refractivity contribution < 1.29 is 24.0 Å². The van der Waals surface area contributed by atoms with Gasteiger partial charge in [0.25, 0.3) is 5.69 Å². The summed E-state index contributed by atoms with van der Waals surface area (Å²) < 4.78 is 10.5. The van der Waals surface area contributed by atoms with E-state index in [1.165, 1.54) is 55.7 Å². The average molecular weight is 399 g/mol. The molecule has 0 saturated carbocycles. The number of carbonyl (C=O) groups excluding carboxylic acids is 2. The molecule has 0 bridgehead atoms. The minimum Gasteiger partial charge on any atom is -0.462 e. The molecule has 0 aliphatic rings. The van der Waals surface area contributed by atoms with Crippen LogP contribution in [0.25, 0.3) is 0 Å². The summed E-state index contributed by atoms with van der Waals surface area (Å²) in [5.41, 5.74) is 0.367. The van der Waals surface area contributed by atoms with E-state index >= 15 is 0 Å². The average Bonchev–Trinajstić information content (AvgIpc) is 2.73. The number of nitrogens with zero attached hydrogens (tertiary/aromatic N) is 1. The lowest BCUT2D eigenvalue weighted by Crippen LogP contribution is -2.11. The van der Waals surface area contributed by atoms with E-state index in [2.05, 4.69) is 6.92 Å². The Labute approximate surface area is 169 Å². The Hall–Kier alpha value is -3.22. The number of nitro benzene ring substituents is 1. The Bertz CT molecular complexity index is 831. The number of rotatable bonds is 11. The first kappa shape index (κ1) is 22.1. The van der Waals surface area contributed by atoms with Crippen LogP contribution in [0.4, 0.5) is 5.69 Å². The fourth-order valence-electron chi connectivity index (χ4n) is 2.71. The first-order chi connectivity index (χ1) is 14.0. The molecule has 29 heavy (non-hydrogen) atoms. The molecule has 2 aromatic rings. The maximum absolute atomic E-state index is 12.3. The molecule has 7 nitrogen and oxygen atoms in total. The summed E-state index contributed by atoms with van der Waals surface area (Å²) in [6, 6.07) is 11.3. The lowest BCUT2D eigenvalue weighted by Gasteiger charge is -2.07. The predicted molar refractivity (Wildman–Crippen MR) is 108 cm³/mol. The molecule has 0 spiro atoms. The number of carbonyl (C=O) groups is 2. The first-order valence-electron chi connectivity index (χ1n) is 9.75. The molecule has 0 unspecified atom stereocenters. The van der Waals surface area contributed by atoms with Crippen LogP contribution in [0.5, 0.6) is 5.75 Å². The second-order valence-corrected chi connectivity index (χ2v) is 6.63. The first-order valence-corrected chi connectivity index (χ1v) is 9.75.